The quantitative estimate of drug-likeness (QED) is 0.720. The fraction of sp³-hybridized carbons (Fsp3) is 0.364. The van der Waals surface area contributed by atoms with E-state index < -0.39 is 17.9 Å². The van der Waals surface area contributed by atoms with Crippen LogP contribution in [0.1, 0.15) is 40.1 Å². The lowest BCUT2D eigenvalue weighted by atomic mass is 10.1. The summed E-state index contributed by atoms with van der Waals surface area (Å²) in [6, 6.07) is 16.0. The van der Waals surface area contributed by atoms with E-state index >= 15 is 0 Å². The van der Waals surface area contributed by atoms with Crippen molar-refractivity contribution in [2.75, 3.05) is 13.2 Å². The topological polar surface area (TPSA) is 65.1 Å². The summed E-state index contributed by atoms with van der Waals surface area (Å²) in [7, 11) is 0. The number of benzene rings is 2. The van der Waals surface area contributed by atoms with Crippen molar-refractivity contribution in [3.63, 3.8) is 0 Å². The van der Waals surface area contributed by atoms with Crippen LogP contribution in [0.5, 0.6) is 0 Å². The second-order valence-corrected chi connectivity index (χ2v) is 7.46. The number of carbonyl (C=O) groups excluding carboxylic acids is 2. The highest BCUT2D eigenvalue weighted by molar-refractivity contribution is 6.21. The van der Waals surface area contributed by atoms with Gasteiger partial charge in [-0.2, -0.15) is 0 Å². The van der Waals surface area contributed by atoms with E-state index in [0.717, 1.165) is 5.56 Å². The van der Waals surface area contributed by atoms with Gasteiger partial charge in [0.25, 0.3) is 11.8 Å². The molecule has 0 bridgehead atoms. The summed E-state index contributed by atoms with van der Waals surface area (Å²) in [5, 5.41) is 0. The van der Waals surface area contributed by atoms with Gasteiger partial charge >= 0.3 is 0 Å². The van der Waals surface area contributed by atoms with Crippen molar-refractivity contribution in [2.24, 2.45) is 0 Å². The van der Waals surface area contributed by atoms with Gasteiger partial charge in [-0.3, -0.25) is 14.5 Å². The fourth-order valence-corrected chi connectivity index (χ4v) is 3.63. The number of imide groups is 1. The maximum absolute atomic E-state index is 13.0. The van der Waals surface area contributed by atoms with Gasteiger partial charge in [0.05, 0.1) is 37.0 Å². The molecule has 0 saturated carbocycles. The van der Waals surface area contributed by atoms with Gasteiger partial charge in [0, 0.05) is 0 Å². The molecule has 2 atom stereocenters. The van der Waals surface area contributed by atoms with E-state index in [1.54, 1.807) is 24.3 Å². The van der Waals surface area contributed by atoms with E-state index in [-0.39, 0.29) is 18.4 Å². The van der Waals surface area contributed by atoms with E-state index in [4.69, 9.17) is 14.2 Å². The second kappa shape index (κ2) is 7.47. The van der Waals surface area contributed by atoms with Crippen LogP contribution >= 0.6 is 0 Å². The van der Waals surface area contributed by atoms with Crippen LogP contribution in [0.2, 0.25) is 0 Å². The predicted molar refractivity (Wildman–Crippen MR) is 102 cm³/mol. The molecule has 2 heterocycles. The third-order valence-electron chi connectivity index (χ3n) is 5.02. The first-order valence-corrected chi connectivity index (χ1v) is 9.37. The Bertz CT molecular complexity index is 845. The molecular weight excluding hydrogens is 358 g/mol. The largest absolute Gasteiger partial charge is 0.375 e. The Kier molecular flexibility index (Phi) is 5.02. The van der Waals surface area contributed by atoms with Crippen LogP contribution in [0.4, 0.5) is 0 Å². The number of rotatable bonds is 6. The van der Waals surface area contributed by atoms with Crippen LogP contribution in [0.3, 0.4) is 0 Å². The van der Waals surface area contributed by atoms with Crippen molar-refractivity contribution < 1.29 is 23.8 Å². The summed E-state index contributed by atoms with van der Waals surface area (Å²) in [6.45, 7) is 4.48. The Hall–Kier alpha value is -2.54. The summed E-state index contributed by atoms with van der Waals surface area (Å²) in [6.07, 6.45) is -0.451. The fourth-order valence-electron chi connectivity index (χ4n) is 3.63. The molecule has 0 radical (unpaired) electrons. The number of fused-ring (bicyclic) bond motifs is 1. The average Bonchev–Trinajstić information content (AvgIpc) is 3.18. The van der Waals surface area contributed by atoms with Crippen LogP contribution in [-0.4, -0.2) is 47.9 Å². The molecule has 6 nitrogen and oxygen atoms in total. The van der Waals surface area contributed by atoms with Crippen molar-refractivity contribution in [1.82, 2.24) is 4.90 Å². The molecule has 2 aliphatic rings. The van der Waals surface area contributed by atoms with Gasteiger partial charge < -0.3 is 14.2 Å². The third-order valence-corrected chi connectivity index (χ3v) is 5.02. The highest BCUT2D eigenvalue weighted by Gasteiger charge is 2.47. The van der Waals surface area contributed by atoms with Crippen LogP contribution < -0.4 is 0 Å². The Morgan fingerprint density at radius 3 is 2.21 bits per heavy atom. The minimum atomic E-state index is -0.763. The Labute approximate surface area is 164 Å². The van der Waals surface area contributed by atoms with Gasteiger partial charge in [-0.25, -0.2) is 0 Å². The lowest BCUT2D eigenvalue weighted by Gasteiger charge is -2.30. The zero-order chi connectivity index (χ0) is 19.7. The van der Waals surface area contributed by atoms with Gasteiger partial charge in [0.1, 0.15) is 6.10 Å². The van der Waals surface area contributed by atoms with Crippen molar-refractivity contribution in [3.8, 4) is 0 Å². The van der Waals surface area contributed by atoms with Gasteiger partial charge in [-0.1, -0.05) is 42.5 Å². The third kappa shape index (κ3) is 3.58. The van der Waals surface area contributed by atoms with E-state index in [0.29, 0.717) is 24.3 Å². The normalized spacial score (nSPS) is 21.8. The van der Waals surface area contributed by atoms with Crippen molar-refractivity contribution in [1.29, 1.82) is 0 Å². The first-order valence-electron chi connectivity index (χ1n) is 9.37. The molecule has 2 aliphatic heterocycles. The maximum atomic E-state index is 13.0. The summed E-state index contributed by atoms with van der Waals surface area (Å²) in [5.74, 6) is -1.40. The minimum Gasteiger partial charge on any atom is -0.375 e. The summed E-state index contributed by atoms with van der Waals surface area (Å²) >= 11 is 0. The highest BCUT2D eigenvalue weighted by atomic mass is 16.7. The zero-order valence-corrected chi connectivity index (χ0v) is 16.0. The Morgan fingerprint density at radius 2 is 1.64 bits per heavy atom. The number of ether oxygens (including phenoxy) is 3. The molecular formula is C22H23NO5. The van der Waals surface area contributed by atoms with Crippen molar-refractivity contribution >= 4 is 11.8 Å². The maximum Gasteiger partial charge on any atom is 0.261 e. The lowest BCUT2D eigenvalue weighted by molar-refractivity contribution is -0.147. The average molecular weight is 381 g/mol. The Morgan fingerprint density at radius 1 is 1.04 bits per heavy atom. The van der Waals surface area contributed by atoms with Gasteiger partial charge in [-0.05, 0) is 31.5 Å². The number of amides is 2. The number of hydrogen-bond acceptors (Lipinski definition) is 5. The van der Waals surface area contributed by atoms with Gasteiger partial charge in [0.15, 0.2) is 5.79 Å². The molecule has 0 aromatic heterocycles. The number of hydrogen-bond donors (Lipinski definition) is 0. The Balaban J connectivity index is 1.55. The molecule has 28 heavy (non-hydrogen) atoms. The SMILES string of the molecule is CC1(C)OC[C@H]([C@@H](COCc2ccccc2)N2C(=O)c3ccccc3C2=O)O1. The minimum absolute atomic E-state index is 0.171. The molecule has 0 aliphatic carbocycles. The molecule has 2 aromatic rings. The smallest absolute Gasteiger partial charge is 0.261 e. The standard InChI is InChI=1S/C22H23NO5/c1-22(2)27-14-19(28-22)18(13-26-12-15-8-4-3-5-9-15)23-20(24)16-10-6-7-11-17(16)21(23)25/h3-11,18-19H,12-14H2,1-2H3/t18-,19-/m1/s1. The molecule has 0 spiro atoms. The monoisotopic (exact) mass is 381 g/mol. The van der Waals surface area contributed by atoms with Crippen LogP contribution in [0.15, 0.2) is 54.6 Å². The summed E-state index contributed by atoms with van der Waals surface area (Å²) < 4.78 is 17.5. The van der Waals surface area contributed by atoms with Crippen LogP contribution in [0, 0.1) is 0 Å². The molecule has 1 saturated heterocycles. The molecule has 146 valence electrons. The molecule has 0 N–H and O–H groups in total. The molecule has 4 rings (SSSR count). The lowest BCUT2D eigenvalue weighted by Crippen LogP contribution is -2.50. The zero-order valence-electron chi connectivity index (χ0n) is 16.0. The summed E-state index contributed by atoms with van der Waals surface area (Å²) in [4.78, 5) is 27.2. The molecule has 0 unspecified atom stereocenters. The molecule has 2 aromatic carbocycles. The van der Waals surface area contributed by atoms with Gasteiger partial charge in [-0.15, -0.1) is 0 Å². The van der Waals surface area contributed by atoms with E-state index in [9.17, 15) is 9.59 Å². The first kappa shape index (κ1) is 18.8. The number of nitrogens with zero attached hydrogens (tertiary/aromatic N) is 1. The van der Waals surface area contributed by atoms with E-state index in [1.807, 2.05) is 44.2 Å². The highest BCUT2D eigenvalue weighted by Crippen LogP contribution is 2.31. The van der Waals surface area contributed by atoms with Crippen LogP contribution in [-0.2, 0) is 20.8 Å². The number of carbonyl (C=O) groups is 2. The van der Waals surface area contributed by atoms with Crippen molar-refractivity contribution in [3.05, 3.63) is 71.3 Å². The molecule has 6 heteroatoms. The summed E-state index contributed by atoms with van der Waals surface area (Å²) in [5.41, 5.74) is 1.85. The first-order chi connectivity index (χ1) is 13.5. The van der Waals surface area contributed by atoms with Crippen LogP contribution in [0.25, 0.3) is 0 Å². The van der Waals surface area contributed by atoms with E-state index in [2.05, 4.69) is 0 Å². The predicted octanol–water partition coefficient (Wildman–Crippen LogP) is 3.02. The molecule has 2 amide bonds. The van der Waals surface area contributed by atoms with Gasteiger partial charge in [0.2, 0.25) is 0 Å². The second-order valence-electron chi connectivity index (χ2n) is 7.46. The van der Waals surface area contributed by atoms with E-state index in [1.165, 1.54) is 4.90 Å². The van der Waals surface area contributed by atoms with Crippen molar-refractivity contribution in [2.45, 2.75) is 38.4 Å². The molecule has 1 fully saturated rings.